The van der Waals surface area contributed by atoms with Gasteiger partial charge < -0.3 is 4.90 Å². The van der Waals surface area contributed by atoms with Gasteiger partial charge in [0.05, 0.1) is 10.5 Å². The van der Waals surface area contributed by atoms with Gasteiger partial charge in [0.15, 0.2) is 0 Å². The van der Waals surface area contributed by atoms with E-state index in [4.69, 9.17) is 5.21 Å². The number of hydroxylamine groups is 1. The summed E-state index contributed by atoms with van der Waals surface area (Å²) in [4.78, 5) is 24.6. The first-order chi connectivity index (χ1) is 18.4. The van der Waals surface area contributed by atoms with Crippen molar-refractivity contribution >= 4 is 32.7 Å². The number of amides is 1. The lowest BCUT2D eigenvalue weighted by Gasteiger charge is -2.41. The first-order valence-electron chi connectivity index (χ1n) is 12.2. The molecule has 1 amide bonds. The van der Waals surface area contributed by atoms with E-state index in [0.29, 0.717) is 32.1 Å². The van der Waals surface area contributed by atoms with Gasteiger partial charge in [0.1, 0.15) is 0 Å². The maximum Gasteiger partial charge on any atom is 0.277 e. The van der Waals surface area contributed by atoms with Gasteiger partial charge in [-0.05, 0) is 28.5 Å². The van der Waals surface area contributed by atoms with E-state index in [2.05, 4.69) is 31.7 Å². The van der Waals surface area contributed by atoms with Gasteiger partial charge in [-0.15, -0.1) is 0 Å². The lowest BCUT2D eigenvalue weighted by Crippen LogP contribution is -2.57. The molecule has 1 unspecified atom stereocenters. The first kappa shape index (κ1) is 25.7. The van der Waals surface area contributed by atoms with Crippen molar-refractivity contribution in [3.05, 3.63) is 96.3 Å². The normalized spacial score (nSPS) is 16.4. The third-order valence-electron chi connectivity index (χ3n) is 6.66. The van der Waals surface area contributed by atoms with Crippen LogP contribution in [0.2, 0.25) is 0 Å². The molecule has 4 aromatic rings. The van der Waals surface area contributed by atoms with Crippen molar-refractivity contribution in [2.24, 2.45) is 0 Å². The summed E-state index contributed by atoms with van der Waals surface area (Å²) in [5.74, 6) is -0.258. The predicted molar refractivity (Wildman–Crippen MR) is 143 cm³/mol. The van der Waals surface area contributed by atoms with Crippen LogP contribution in [-0.2, 0) is 16.6 Å². The Morgan fingerprint density at radius 2 is 1.66 bits per heavy atom. The molecule has 11 heteroatoms. The van der Waals surface area contributed by atoms with E-state index in [9.17, 15) is 13.2 Å². The van der Waals surface area contributed by atoms with Crippen LogP contribution in [-0.4, -0.2) is 66.6 Å². The highest BCUT2D eigenvalue weighted by Crippen LogP contribution is 2.21. The molecule has 10 nitrogen and oxygen atoms in total. The third-order valence-corrected chi connectivity index (χ3v) is 8.08. The Hall–Kier alpha value is -3.90. The Labute approximate surface area is 221 Å². The second kappa shape index (κ2) is 11.2. The van der Waals surface area contributed by atoms with E-state index >= 15 is 0 Å². The summed E-state index contributed by atoms with van der Waals surface area (Å²) in [6, 6.07) is 22.6. The number of rotatable bonds is 8. The smallest absolute Gasteiger partial charge is 0.277 e. The molecule has 1 aromatic heterocycles. The number of carbonyl (C=O) groups excluding carboxylic acids is 1. The van der Waals surface area contributed by atoms with E-state index in [0.717, 1.165) is 16.3 Å². The van der Waals surface area contributed by atoms with E-state index in [-0.39, 0.29) is 23.0 Å². The van der Waals surface area contributed by atoms with Gasteiger partial charge in [-0.2, -0.15) is 0 Å². The lowest BCUT2D eigenvalue weighted by molar-refractivity contribution is 0.0705. The second-order valence-electron chi connectivity index (χ2n) is 9.13. The average Bonchev–Trinajstić information content (AvgIpc) is 2.96. The zero-order chi connectivity index (χ0) is 26.5. The van der Waals surface area contributed by atoms with Crippen LogP contribution in [0.25, 0.3) is 10.8 Å². The maximum absolute atomic E-state index is 13.2. The van der Waals surface area contributed by atoms with Crippen molar-refractivity contribution in [2.45, 2.75) is 17.5 Å². The van der Waals surface area contributed by atoms with Crippen molar-refractivity contribution < 1.29 is 18.4 Å². The molecule has 1 saturated heterocycles. The van der Waals surface area contributed by atoms with Gasteiger partial charge >= 0.3 is 0 Å². The van der Waals surface area contributed by atoms with E-state index in [1.54, 1.807) is 17.6 Å². The Kier molecular flexibility index (Phi) is 7.61. The van der Waals surface area contributed by atoms with Crippen LogP contribution in [0.5, 0.6) is 0 Å². The number of carbonyl (C=O) groups is 1. The lowest BCUT2D eigenvalue weighted by atomic mass is 10.1. The van der Waals surface area contributed by atoms with Gasteiger partial charge in [-0.3, -0.25) is 14.9 Å². The van der Waals surface area contributed by atoms with Crippen molar-refractivity contribution in [1.29, 1.82) is 0 Å². The van der Waals surface area contributed by atoms with Gasteiger partial charge in [-0.25, -0.2) is 28.6 Å². The number of sulfonamides is 1. The van der Waals surface area contributed by atoms with Gasteiger partial charge in [-0.1, -0.05) is 60.7 Å². The zero-order valence-corrected chi connectivity index (χ0v) is 21.4. The fourth-order valence-electron chi connectivity index (χ4n) is 4.58. The molecule has 0 radical (unpaired) electrons. The maximum atomic E-state index is 13.2. The second-order valence-corrected chi connectivity index (χ2v) is 10.9. The van der Waals surface area contributed by atoms with E-state index in [1.807, 2.05) is 53.4 Å². The fraction of sp³-hybridized carbons (Fsp3) is 0.222. The standard InChI is InChI=1S/C27H28N6O4S/c34-26(31-35)23-15-28-27(29-16-23)33-13-12-32(18-20-6-2-1-3-7-20)24(19-33)17-30-38(36,37)25-11-10-21-8-4-5-9-22(21)14-25/h1-11,14-16,24,30,35H,12-13,17-19H2,(H,31,34). The summed E-state index contributed by atoms with van der Waals surface area (Å²) in [6.45, 7) is 2.65. The van der Waals surface area contributed by atoms with E-state index in [1.165, 1.54) is 12.4 Å². The van der Waals surface area contributed by atoms with Crippen molar-refractivity contribution in [3.8, 4) is 0 Å². The first-order valence-corrected chi connectivity index (χ1v) is 13.7. The zero-order valence-electron chi connectivity index (χ0n) is 20.6. The minimum atomic E-state index is -3.74. The molecule has 1 fully saturated rings. The molecule has 0 saturated carbocycles. The molecule has 0 spiro atoms. The van der Waals surface area contributed by atoms with Gasteiger partial charge in [0, 0.05) is 51.2 Å². The van der Waals surface area contributed by atoms with Crippen LogP contribution in [0.1, 0.15) is 15.9 Å². The molecule has 0 bridgehead atoms. The summed E-state index contributed by atoms with van der Waals surface area (Å²) in [6.07, 6.45) is 2.70. The summed E-state index contributed by atoms with van der Waals surface area (Å²) in [5, 5.41) is 10.7. The molecule has 0 aliphatic carbocycles. The highest BCUT2D eigenvalue weighted by atomic mass is 32.2. The van der Waals surface area contributed by atoms with Gasteiger partial charge in [0.25, 0.3) is 5.91 Å². The Morgan fingerprint density at radius 3 is 2.39 bits per heavy atom. The largest absolute Gasteiger partial charge is 0.338 e. The SMILES string of the molecule is O=C(NO)c1cnc(N2CCN(Cc3ccccc3)C(CNS(=O)(=O)c3ccc4ccccc4c3)C2)nc1. The van der Waals surface area contributed by atoms with Crippen LogP contribution < -0.4 is 15.1 Å². The molecule has 3 N–H and O–H groups in total. The number of piperazine rings is 1. The van der Waals surface area contributed by atoms with Crippen molar-refractivity contribution in [3.63, 3.8) is 0 Å². The Bertz CT molecular complexity index is 1520. The molecule has 196 valence electrons. The molecular formula is C27H28N6O4S. The van der Waals surface area contributed by atoms with Crippen LogP contribution >= 0.6 is 0 Å². The Morgan fingerprint density at radius 1 is 0.947 bits per heavy atom. The number of hydrogen-bond donors (Lipinski definition) is 3. The average molecular weight is 533 g/mol. The van der Waals surface area contributed by atoms with Crippen LogP contribution in [0.4, 0.5) is 5.95 Å². The van der Waals surface area contributed by atoms with E-state index < -0.39 is 15.9 Å². The summed E-state index contributed by atoms with van der Waals surface area (Å²) >= 11 is 0. The number of aromatic nitrogens is 2. The topological polar surface area (TPSA) is 128 Å². The fourth-order valence-corrected chi connectivity index (χ4v) is 5.69. The van der Waals surface area contributed by atoms with Gasteiger partial charge in [0.2, 0.25) is 16.0 Å². The number of anilines is 1. The monoisotopic (exact) mass is 532 g/mol. The molecule has 1 atom stereocenters. The van der Waals surface area contributed by atoms with Crippen molar-refractivity contribution in [1.82, 2.24) is 25.1 Å². The predicted octanol–water partition coefficient (Wildman–Crippen LogP) is 2.42. The van der Waals surface area contributed by atoms with Crippen LogP contribution in [0, 0.1) is 0 Å². The molecule has 3 aromatic carbocycles. The minimum absolute atomic E-state index is 0.138. The minimum Gasteiger partial charge on any atom is -0.338 e. The quantitative estimate of drug-likeness (QED) is 0.233. The highest BCUT2D eigenvalue weighted by Gasteiger charge is 2.30. The number of fused-ring (bicyclic) bond motifs is 1. The van der Waals surface area contributed by atoms with Crippen LogP contribution in [0.3, 0.4) is 0 Å². The highest BCUT2D eigenvalue weighted by molar-refractivity contribution is 7.89. The molecule has 5 rings (SSSR count). The molecule has 38 heavy (non-hydrogen) atoms. The third kappa shape index (κ3) is 5.81. The number of hydrogen-bond acceptors (Lipinski definition) is 8. The molecule has 2 heterocycles. The number of benzene rings is 3. The number of nitrogens with one attached hydrogen (secondary N) is 2. The summed E-state index contributed by atoms with van der Waals surface area (Å²) < 4.78 is 29.3. The molecule has 1 aliphatic heterocycles. The molecular weight excluding hydrogens is 504 g/mol. The number of nitrogens with zero attached hydrogens (tertiary/aromatic N) is 4. The Balaban J connectivity index is 1.34. The van der Waals surface area contributed by atoms with Crippen molar-refractivity contribution in [2.75, 3.05) is 31.1 Å². The molecule has 1 aliphatic rings. The summed E-state index contributed by atoms with van der Waals surface area (Å²) in [7, 11) is -3.74. The summed E-state index contributed by atoms with van der Waals surface area (Å²) in [5.41, 5.74) is 2.84. The van der Waals surface area contributed by atoms with Crippen LogP contribution in [0.15, 0.2) is 90.1 Å².